The van der Waals surface area contributed by atoms with Crippen LogP contribution in [0, 0.1) is 0 Å². The maximum atomic E-state index is 10.9. The van der Waals surface area contributed by atoms with Crippen molar-refractivity contribution < 1.29 is 19.4 Å². The zero-order valence-corrected chi connectivity index (χ0v) is 8.99. The maximum absolute atomic E-state index is 10.9. The zero-order chi connectivity index (χ0) is 10.8. The third-order valence-electron chi connectivity index (χ3n) is 2.24. The second-order valence-electron chi connectivity index (χ2n) is 3.19. The topological polar surface area (TPSA) is 75.6 Å². The van der Waals surface area contributed by atoms with Gasteiger partial charge in [0.1, 0.15) is 6.61 Å². The average Bonchev–Trinajstić information content (AvgIpc) is 2.65. The van der Waals surface area contributed by atoms with Crippen LogP contribution < -0.4 is 5.32 Å². The van der Waals surface area contributed by atoms with Crippen molar-refractivity contribution in [2.45, 2.75) is 6.04 Å². The lowest BCUT2D eigenvalue weighted by Gasteiger charge is -2.10. The standard InChI is InChI=1S/C10H9NO4.ClH/c12-9(13)7-4-2-1-3-6(7)8-5-15-10(14)11-8;/h1-4,8H,5H2,(H,11,14)(H,12,13);1H/t8-;/m1./s1. The number of rotatable bonds is 2. The number of nitrogens with one attached hydrogen (secondary N) is 1. The number of alkyl carbamates (subject to hydrolysis) is 1. The van der Waals surface area contributed by atoms with Gasteiger partial charge in [0.2, 0.25) is 0 Å². The molecule has 5 nitrogen and oxygen atoms in total. The van der Waals surface area contributed by atoms with Gasteiger partial charge < -0.3 is 15.2 Å². The number of cyclic esters (lactones) is 1. The molecule has 0 unspecified atom stereocenters. The number of halogens is 1. The Kier molecular flexibility index (Phi) is 3.73. The largest absolute Gasteiger partial charge is 0.478 e. The zero-order valence-electron chi connectivity index (χ0n) is 8.17. The summed E-state index contributed by atoms with van der Waals surface area (Å²) in [6.07, 6.45) is -0.514. The van der Waals surface area contributed by atoms with Crippen LogP contribution in [-0.4, -0.2) is 23.8 Å². The summed E-state index contributed by atoms with van der Waals surface area (Å²) in [7, 11) is 0. The summed E-state index contributed by atoms with van der Waals surface area (Å²) < 4.78 is 4.71. The molecule has 1 heterocycles. The van der Waals surface area contributed by atoms with Gasteiger partial charge >= 0.3 is 12.1 Å². The Labute approximate surface area is 97.8 Å². The molecule has 1 fully saturated rings. The molecule has 1 atom stereocenters. The summed E-state index contributed by atoms with van der Waals surface area (Å²) in [6.45, 7) is 0.170. The van der Waals surface area contributed by atoms with Gasteiger partial charge in [0, 0.05) is 0 Å². The summed E-state index contributed by atoms with van der Waals surface area (Å²) >= 11 is 0. The third-order valence-corrected chi connectivity index (χ3v) is 2.24. The molecule has 0 aromatic heterocycles. The van der Waals surface area contributed by atoms with Gasteiger partial charge in [-0.15, -0.1) is 12.4 Å². The first-order valence-electron chi connectivity index (χ1n) is 4.44. The second kappa shape index (κ2) is 4.85. The van der Waals surface area contributed by atoms with Gasteiger partial charge in [-0.05, 0) is 11.6 Å². The van der Waals surface area contributed by atoms with E-state index in [1.165, 1.54) is 6.07 Å². The highest BCUT2D eigenvalue weighted by molar-refractivity contribution is 5.90. The van der Waals surface area contributed by atoms with Crippen molar-refractivity contribution >= 4 is 24.5 Å². The fourth-order valence-electron chi connectivity index (χ4n) is 1.55. The van der Waals surface area contributed by atoms with E-state index in [0.717, 1.165) is 0 Å². The Morgan fingerprint density at radius 3 is 2.69 bits per heavy atom. The van der Waals surface area contributed by atoms with Crippen molar-refractivity contribution in [2.75, 3.05) is 6.61 Å². The van der Waals surface area contributed by atoms with Crippen LogP contribution in [0.1, 0.15) is 22.0 Å². The number of carboxylic acids is 1. The number of amides is 1. The van der Waals surface area contributed by atoms with E-state index in [-0.39, 0.29) is 30.6 Å². The van der Waals surface area contributed by atoms with Gasteiger partial charge in [0.05, 0.1) is 11.6 Å². The van der Waals surface area contributed by atoms with Crippen LogP contribution in [0.15, 0.2) is 24.3 Å². The lowest BCUT2D eigenvalue weighted by atomic mass is 10.0. The quantitative estimate of drug-likeness (QED) is 0.827. The second-order valence-corrected chi connectivity index (χ2v) is 3.19. The van der Waals surface area contributed by atoms with E-state index in [1.807, 2.05) is 0 Å². The van der Waals surface area contributed by atoms with Gasteiger partial charge in [0.25, 0.3) is 0 Å². The van der Waals surface area contributed by atoms with Gasteiger partial charge in [-0.1, -0.05) is 18.2 Å². The van der Waals surface area contributed by atoms with Crippen LogP contribution in [0.4, 0.5) is 4.79 Å². The first-order chi connectivity index (χ1) is 7.18. The van der Waals surface area contributed by atoms with E-state index >= 15 is 0 Å². The van der Waals surface area contributed by atoms with E-state index in [0.29, 0.717) is 5.56 Å². The van der Waals surface area contributed by atoms with E-state index in [9.17, 15) is 9.59 Å². The molecule has 0 spiro atoms. The highest BCUT2D eigenvalue weighted by Gasteiger charge is 2.26. The van der Waals surface area contributed by atoms with Crippen LogP contribution in [0.5, 0.6) is 0 Å². The highest BCUT2D eigenvalue weighted by atomic mass is 35.5. The molecule has 1 aliphatic rings. The molecule has 0 saturated carbocycles. The van der Waals surface area contributed by atoms with E-state index < -0.39 is 12.1 Å². The van der Waals surface area contributed by atoms with Crippen LogP contribution in [0.3, 0.4) is 0 Å². The summed E-state index contributed by atoms with van der Waals surface area (Å²) in [5.41, 5.74) is 0.754. The fourth-order valence-corrected chi connectivity index (χ4v) is 1.55. The molecule has 0 aliphatic carbocycles. The van der Waals surface area contributed by atoms with Gasteiger partial charge in [0.15, 0.2) is 0 Å². The molecule has 2 N–H and O–H groups in total. The van der Waals surface area contributed by atoms with Crippen LogP contribution in [0.25, 0.3) is 0 Å². The predicted octanol–water partition coefficient (Wildman–Crippen LogP) is 1.59. The molecule has 1 amide bonds. The number of ether oxygens (including phenoxy) is 1. The van der Waals surface area contributed by atoms with E-state index in [2.05, 4.69) is 5.32 Å². The Balaban J connectivity index is 0.00000128. The summed E-state index contributed by atoms with van der Waals surface area (Å²) in [5, 5.41) is 11.5. The minimum Gasteiger partial charge on any atom is -0.478 e. The number of hydrogen-bond donors (Lipinski definition) is 2. The minimum absolute atomic E-state index is 0. The van der Waals surface area contributed by atoms with E-state index in [4.69, 9.17) is 9.84 Å². The van der Waals surface area contributed by atoms with Crippen molar-refractivity contribution in [3.63, 3.8) is 0 Å². The molecule has 1 aliphatic heterocycles. The molecule has 1 saturated heterocycles. The summed E-state index contributed by atoms with van der Waals surface area (Å²) in [5.74, 6) is -1.01. The first kappa shape index (κ1) is 12.3. The Hall–Kier alpha value is -1.75. The number of carbonyl (C=O) groups is 2. The summed E-state index contributed by atoms with van der Waals surface area (Å²) in [6, 6.07) is 6.17. The van der Waals surface area contributed by atoms with Crippen molar-refractivity contribution in [3.8, 4) is 0 Å². The van der Waals surface area contributed by atoms with Crippen molar-refractivity contribution in [2.24, 2.45) is 0 Å². The SMILES string of the molecule is Cl.O=C1N[C@@H](c2ccccc2C(=O)O)CO1. The Morgan fingerprint density at radius 2 is 2.12 bits per heavy atom. The minimum atomic E-state index is -1.01. The maximum Gasteiger partial charge on any atom is 0.407 e. The molecule has 1 aromatic rings. The molecule has 1 aromatic carbocycles. The number of carbonyl (C=O) groups excluding carboxylic acids is 1. The molecular weight excluding hydrogens is 234 g/mol. The average molecular weight is 244 g/mol. The molecule has 0 bridgehead atoms. The van der Waals surface area contributed by atoms with Crippen LogP contribution >= 0.6 is 12.4 Å². The number of benzene rings is 1. The fraction of sp³-hybridized carbons (Fsp3) is 0.200. The lowest BCUT2D eigenvalue weighted by Crippen LogP contribution is -2.20. The molecular formula is C10H10ClNO4. The Morgan fingerprint density at radius 1 is 1.44 bits per heavy atom. The monoisotopic (exact) mass is 243 g/mol. The van der Waals surface area contributed by atoms with E-state index in [1.54, 1.807) is 18.2 Å². The molecule has 0 radical (unpaired) electrons. The van der Waals surface area contributed by atoms with Crippen LogP contribution in [-0.2, 0) is 4.74 Å². The first-order valence-corrected chi connectivity index (χ1v) is 4.44. The normalized spacial score (nSPS) is 18.2. The highest BCUT2D eigenvalue weighted by Crippen LogP contribution is 2.21. The van der Waals surface area contributed by atoms with Crippen molar-refractivity contribution in [1.29, 1.82) is 0 Å². The molecule has 2 rings (SSSR count). The molecule has 86 valence electrons. The summed E-state index contributed by atoms with van der Waals surface area (Å²) in [4.78, 5) is 21.7. The van der Waals surface area contributed by atoms with Crippen LogP contribution in [0.2, 0.25) is 0 Å². The van der Waals surface area contributed by atoms with Crippen molar-refractivity contribution in [1.82, 2.24) is 5.32 Å². The van der Waals surface area contributed by atoms with Gasteiger partial charge in [-0.3, -0.25) is 0 Å². The molecule has 6 heteroatoms. The lowest BCUT2D eigenvalue weighted by molar-refractivity contribution is 0.0695. The van der Waals surface area contributed by atoms with Crippen molar-refractivity contribution in [3.05, 3.63) is 35.4 Å². The number of aromatic carboxylic acids is 1. The van der Waals surface area contributed by atoms with Gasteiger partial charge in [-0.2, -0.15) is 0 Å². The predicted molar refractivity (Wildman–Crippen MR) is 57.9 cm³/mol. The third kappa shape index (κ3) is 2.25. The number of carboxylic acid groups (broad SMARTS) is 1. The Bertz CT molecular complexity index is 421. The molecule has 16 heavy (non-hydrogen) atoms. The smallest absolute Gasteiger partial charge is 0.407 e. The number of hydrogen-bond acceptors (Lipinski definition) is 3. The van der Waals surface area contributed by atoms with Gasteiger partial charge in [-0.25, -0.2) is 9.59 Å².